The second kappa shape index (κ2) is 6.58. The van der Waals surface area contributed by atoms with E-state index in [9.17, 15) is 18.0 Å². The molecular formula is C15H16F3N5O. The molecule has 24 heavy (non-hydrogen) atoms. The molecule has 0 aliphatic heterocycles. The van der Waals surface area contributed by atoms with Gasteiger partial charge in [-0.25, -0.2) is 4.68 Å². The molecule has 1 aromatic carbocycles. The van der Waals surface area contributed by atoms with Crippen molar-refractivity contribution in [2.45, 2.75) is 44.4 Å². The smallest absolute Gasteiger partial charge is 0.345 e. The van der Waals surface area contributed by atoms with Gasteiger partial charge in [-0.2, -0.15) is 13.2 Å². The maximum atomic E-state index is 12.5. The fourth-order valence-corrected chi connectivity index (χ4v) is 2.83. The summed E-state index contributed by atoms with van der Waals surface area (Å²) in [6.45, 7) is 0.128. The quantitative estimate of drug-likeness (QED) is 0.930. The molecule has 1 fully saturated rings. The van der Waals surface area contributed by atoms with Crippen LogP contribution in [-0.2, 0) is 12.7 Å². The number of hydrogen-bond acceptors (Lipinski definition) is 4. The van der Waals surface area contributed by atoms with Gasteiger partial charge in [-0.1, -0.05) is 12.8 Å². The van der Waals surface area contributed by atoms with Gasteiger partial charge in [0.15, 0.2) is 5.82 Å². The van der Waals surface area contributed by atoms with Crippen LogP contribution in [0.15, 0.2) is 24.3 Å². The zero-order valence-corrected chi connectivity index (χ0v) is 12.8. The van der Waals surface area contributed by atoms with Gasteiger partial charge in [0.05, 0.1) is 18.2 Å². The van der Waals surface area contributed by atoms with Crippen molar-refractivity contribution in [2.75, 3.05) is 0 Å². The summed E-state index contributed by atoms with van der Waals surface area (Å²) in [4.78, 5) is 12.1. The number of nitrogens with zero attached hydrogens (tertiary/aromatic N) is 4. The average molecular weight is 339 g/mol. The summed E-state index contributed by atoms with van der Waals surface area (Å²) >= 11 is 0. The Kier molecular flexibility index (Phi) is 4.50. The van der Waals surface area contributed by atoms with Crippen molar-refractivity contribution in [3.63, 3.8) is 0 Å². The highest BCUT2D eigenvalue weighted by Crippen LogP contribution is 2.30. The molecule has 1 aliphatic rings. The highest BCUT2D eigenvalue weighted by Gasteiger charge is 2.30. The lowest BCUT2D eigenvalue weighted by molar-refractivity contribution is -0.137. The number of alkyl halides is 3. The highest BCUT2D eigenvalue weighted by atomic mass is 19.4. The topological polar surface area (TPSA) is 72.7 Å². The Hall–Kier alpha value is -2.45. The monoisotopic (exact) mass is 339 g/mol. The van der Waals surface area contributed by atoms with E-state index in [-0.39, 0.29) is 18.2 Å². The van der Waals surface area contributed by atoms with Crippen molar-refractivity contribution in [2.24, 2.45) is 0 Å². The second-order valence-corrected chi connectivity index (χ2v) is 5.74. The molecule has 1 saturated carbocycles. The maximum Gasteiger partial charge on any atom is 0.416 e. The number of aromatic nitrogens is 4. The summed E-state index contributed by atoms with van der Waals surface area (Å²) in [6.07, 6.45) is -0.155. The van der Waals surface area contributed by atoms with Crippen molar-refractivity contribution in [1.82, 2.24) is 25.5 Å². The van der Waals surface area contributed by atoms with Crippen LogP contribution in [0, 0.1) is 0 Å². The summed E-state index contributed by atoms with van der Waals surface area (Å²) in [6, 6.07) is 4.32. The number of rotatable bonds is 4. The van der Waals surface area contributed by atoms with Crippen LogP contribution in [0.2, 0.25) is 0 Å². The van der Waals surface area contributed by atoms with Crippen LogP contribution in [0.1, 0.15) is 53.5 Å². The summed E-state index contributed by atoms with van der Waals surface area (Å²) in [5.41, 5.74) is -0.632. The molecule has 9 heteroatoms. The molecule has 0 bridgehead atoms. The van der Waals surface area contributed by atoms with Crippen molar-refractivity contribution < 1.29 is 18.0 Å². The maximum absolute atomic E-state index is 12.5. The Balaban J connectivity index is 1.63. The summed E-state index contributed by atoms with van der Waals surface area (Å²) in [5, 5.41) is 14.2. The zero-order chi connectivity index (χ0) is 17.2. The highest BCUT2D eigenvalue weighted by molar-refractivity contribution is 5.94. The summed E-state index contributed by atoms with van der Waals surface area (Å²) < 4.78 is 39.3. The van der Waals surface area contributed by atoms with Crippen molar-refractivity contribution in [3.05, 3.63) is 41.2 Å². The molecule has 0 unspecified atom stereocenters. The Morgan fingerprint density at radius 1 is 1.21 bits per heavy atom. The van der Waals surface area contributed by atoms with Gasteiger partial charge in [-0.05, 0) is 47.5 Å². The Morgan fingerprint density at radius 2 is 1.88 bits per heavy atom. The van der Waals surface area contributed by atoms with Crippen LogP contribution in [0.25, 0.3) is 0 Å². The molecule has 6 nitrogen and oxygen atoms in total. The van der Waals surface area contributed by atoms with Gasteiger partial charge < -0.3 is 5.32 Å². The van der Waals surface area contributed by atoms with E-state index in [4.69, 9.17) is 0 Å². The molecule has 0 spiro atoms. The largest absolute Gasteiger partial charge is 0.416 e. The number of benzene rings is 1. The van der Waals surface area contributed by atoms with E-state index in [1.54, 1.807) is 4.68 Å². The molecule has 1 N–H and O–H groups in total. The molecule has 0 radical (unpaired) electrons. The van der Waals surface area contributed by atoms with Gasteiger partial charge >= 0.3 is 6.18 Å². The van der Waals surface area contributed by atoms with Crippen LogP contribution in [0.4, 0.5) is 13.2 Å². The van der Waals surface area contributed by atoms with E-state index in [1.807, 2.05) is 0 Å². The standard InChI is InChI=1S/C15H16F3N5O/c16-15(17,18)11-7-5-10(6-8-11)14(24)19-9-13-20-21-22-23(13)12-3-1-2-4-12/h5-8,12H,1-4,9H2,(H,19,24). The average Bonchev–Trinajstić information content (AvgIpc) is 3.22. The zero-order valence-electron chi connectivity index (χ0n) is 12.8. The minimum absolute atomic E-state index is 0.128. The van der Waals surface area contributed by atoms with Crippen molar-refractivity contribution in [3.8, 4) is 0 Å². The fourth-order valence-electron chi connectivity index (χ4n) is 2.83. The van der Waals surface area contributed by atoms with Gasteiger partial charge in [-0.3, -0.25) is 4.79 Å². The van der Waals surface area contributed by atoms with E-state index in [0.29, 0.717) is 5.82 Å². The molecule has 0 atom stereocenters. The molecule has 1 heterocycles. The van der Waals surface area contributed by atoms with Crippen LogP contribution in [0.5, 0.6) is 0 Å². The van der Waals surface area contributed by atoms with Gasteiger partial charge in [-0.15, -0.1) is 5.10 Å². The summed E-state index contributed by atoms with van der Waals surface area (Å²) in [5.74, 6) is 0.0758. The van der Waals surface area contributed by atoms with Gasteiger partial charge in [0.25, 0.3) is 5.91 Å². The number of hydrogen-bond donors (Lipinski definition) is 1. The first-order valence-electron chi connectivity index (χ1n) is 7.67. The lowest BCUT2D eigenvalue weighted by Crippen LogP contribution is -2.25. The van der Waals surface area contributed by atoms with Crippen molar-refractivity contribution >= 4 is 5.91 Å². The van der Waals surface area contributed by atoms with Gasteiger partial charge in [0, 0.05) is 5.56 Å². The first-order chi connectivity index (χ1) is 11.4. The van der Waals surface area contributed by atoms with E-state index in [1.165, 1.54) is 0 Å². The number of nitrogens with one attached hydrogen (secondary N) is 1. The van der Waals surface area contributed by atoms with Crippen LogP contribution < -0.4 is 5.32 Å². The first-order valence-corrected chi connectivity index (χ1v) is 7.67. The third-order valence-electron chi connectivity index (χ3n) is 4.11. The Morgan fingerprint density at radius 3 is 2.50 bits per heavy atom. The normalized spacial score (nSPS) is 15.6. The van der Waals surface area contributed by atoms with E-state index >= 15 is 0 Å². The molecule has 1 aromatic heterocycles. The van der Waals surface area contributed by atoms with Crippen LogP contribution >= 0.6 is 0 Å². The molecule has 1 aliphatic carbocycles. The van der Waals surface area contributed by atoms with Crippen LogP contribution in [-0.4, -0.2) is 26.1 Å². The Labute approximate surface area is 136 Å². The summed E-state index contributed by atoms with van der Waals surface area (Å²) in [7, 11) is 0. The predicted octanol–water partition coefficient (Wildman–Crippen LogP) is 2.74. The minimum atomic E-state index is -4.42. The van der Waals surface area contributed by atoms with Crippen LogP contribution in [0.3, 0.4) is 0 Å². The predicted molar refractivity (Wildman–Crippen MR) is 77.9 cm³/mol. The van der Waals surface area contributed by atoms with E-state index in [0.717, 1.165) is 49.9 Å². The fraction of sp³-hybridized carbons (Fsp3) is 0.467. The number of carbonyl (C=O) groups excluding carboxylic acids is 1. The molecule has 0 saturated heterocycles. The number of amides is 1. The number of halogens is 3. The van der Waals surface area contributed by atoms with Gasteiger partial charge in [0.1, 0.15) is 0 Å². The van der Waals surface area contributed by atoms with E-state index < -0.39 is 17.6 Å². The molecule has 2 aromatic rings. The third-order valence-corrected chi connectivity index (χ3v) is 4.11. The SMILES string of the molecule is O=C(NCc1nnnn1C1CCCC1)c1ccc(C(F)(F)F)cc1. The second-order valence-electron chi connectivity index (χ2n) is 5.74. The lowest BCUT2D eigenvalue weighted by atomic mass is 10.1. The Bertz CT molecular complexity index is 705. The first kappa shape index (κ1) is 16.4. The molecule has 1 amide bonds. The number of tetrazole rings is 1. The van der Waals surface area contributed by atoms with Crippen molar-refractivity contribution in [1.29, 1.82) is 0 Å². The lowest BCUT2D eigenvalue weighted by Gasteiger charge is -2.12. The molecule has 128 valence electrons. The molecule has 3 rings (SSSR count). The van der Waals surface area contributed by atoms with E-state index in [2.05, 4.69) is 20.8 Å². The minimum Gasteiger partial charge on any atom is -0.345 e. The number of carbonyl (C=O) groups is 1. The van der Waals surface area contributed by atoms with Gasteiger partial charge in [0.2, 0.25) is 0 Å². The molecular weight excluding hydrogens is 323 g/mol. The third kappa shape index (κ3) is 3.55.